The van der Waals surface area contributed by atoms with Gasteiger partial charge < -0.3 is 10.6 Å². The van der Waals surface area contributed by atoms with Crippen molar-refractivity contribution in [2.75, 3.05) is 10.6 Å². The lowest BCUT2D eigenvalue weighted by atomic mass is 10.1. The van der Waals surface area contributed by atoms with E-state index in [4.69, 9.17) is 11.6 Å². The van der Waals surface area contributed by atoms with Crippen molar-refractivity contribution in [1.29, 1.82) is 0 Å². The van der Waals surface area contributed by atoms with E-state index in [9.17, 15) is 14.4 Å². The summed E-state index contributed by atoms with van der Waals surface area (Å²) < 4.78 is 1.35. The Kier molecular flexibility index (Phi) is 6.84. The van der Waals surface area contributed by atoms with Crippen LogP contribution in [0, 0.1) is 0 Å². The average Bonchev–Trinajstić information content (AvgIpc) is 2.72. The number of fused-ring (bicyclic) bond motifs is 1. The van der Waals surface area contributed by atoms with Gasteiger partial charge in [0.25, 0.3) is 11.5 Å². The molecule has 3 aromatic rings. The molecule has 3 rings (SSSR count). The van der Waals surface area contributed by atoms with Crippen molar-refractivity contribution in [3.63, 3.8) is 0 Å². The Bertz CT molecular complexity index is 1160. The first-order valence-corrected chi connectivity index (χ1v) is 10.2. The smallest absolute Gasteiger partial charge is 0.276 e. The molecule has 0 radical (unpaired) electrons. The summed E-state index contributed by atoms with van der Waals surface area (Å²) in [6, 6.07) is 11.7. The lowest BCUT2D eigenvalue weighted by molar-refractivity contribution is -0.114. The molecule has 156 valence electrons. The quantitative estimate of drug-likeness (QED) is 0.546. The molecule has 8 heteroatoms. The van der Waals surface area contributed by atoms with Crippen molar-refractivity contribution < 1.29 is 9.59 Å². The van der Waals surface area contributed by atoms with Crippen LogP contribution in [0.5, 0.6) is 0 Å². The van der Waals surface area contributed by atoms with Crippen LogP contribution in [0.15, 0.2) is 47.3 Å². The molecule has 1 heterocycles. The normalized spacial score (nSPS) is 10.8. The van der Waals surface area contributed by atoms with Gasteiger partial charge in [0, 0.05) is 24.5 Å². The van der Waals surface area contributed by atoms with E-state index < -0.39 is 5.91 Å². The van der Waals surface area contributed by atoms with Crippen LogP contribution in [0.2, 0.25) is 5.02 Å². The number of aromatic nitrogens is 2. The molecule has 1 aromatic heterocycles. The Hall–Kier alpha value is -3.19. The first-order chi connectivity index (χ1) is 14.4. The van der Waals surface area contributed by atoms with Crippen LogP contribution in [-0.4, -0.2) is 21.6 Å². The summed E-state index contributed by atoms with van der Waals surface area (Å²) in [5.41, 5.74) is 0.763. The lowest BCUT2D eigenvalue weighted by Gasteiger charge is -2.13. The van der Waals surface area contributed by atoms with Gasteiger partial charge in [-0.3, -0.25) is 14.4 Å². The van der Waals surface area contributed by atoms with Gasteiger partial charge in [0.15, 0.2) is 5.69 Å². The Balaban J connectivity index is 1.99. The molecule has 2 amide bonds. The molecule has 0 bridgehead atoms. The van der Waals surface area contributed by atoms with Gasteiger partial charge >= 0.3 is 0 Å². The summed E-state index contributed by atoms with van der Waals surface area (Å²) in [5, 5.41) is 11.0. The van der Waals surface area contributed by atoms with E-state index in [1.54, 1.807) is 42.5 Å². The third-order valence-electron chi connectivity index (χ3n) is 4.59. The highest BCUT2D eigenvalue weighted by atomic mass is 35.5. The Morgan fingerprint density at radius 2 is 1.80 bits per heavy atom. The molecule has 0 unspecified atom stereocenters. The molecule has 0 aliphatic carbocycles. The first kappa shape index (κ1) is 21.5. The molecule has 2 aromatic carbocycles. The third kappa shape index (κ3) is 4.86. The minimum Gasteiger partial charge on any atom is -0.326 e. The second kappa shape index (κ2) is 9.54. The fourth-order valence-electron chi connectivity index (χ4n) is 3.15. The minimum atomic E-state index is -0.489. The highest BCUT2D eigenvalue weighted by molar-refractivity contribution is 6.34. The van der Waals surface area contributed by atoms with Gasteiger partial charge in [-0.1, -0.05) is 49.6 Å². The minimum absolute atomic E-state index is 0.141. The number of anilines is 2. The molecule has 0 spiro atoms. The van der Waals surface area contributed by atoms with Crippen LogP contribution >= 0.6 is 11.6 Å². The number of unbranched alkanes of at least 4 members (excludes halogenated alkanes) is 2. The Morgan fingerprint density at radius 1 is 1.07 bits per heavy atom. The van der Waals surface area contributed by atoms with Crippen LogP contribution in [0.3, 0.4) is 0 Å². The fraction of sp³-hybridized carbons (Fsp3) is 0.273. The zero-order chi connectivity index (χ0) is 21.7. The van der Waals surface area contributed by atoms with E-state index in [0.29, 0.717) is 33.7 Å². The van der Waals surface area contributed by atoms with Crippen molar-refractivity contribution in [1.82, 2.24) is 9.78 Å². The van der Waals surface area contributed by atoms with Crippen LogP contribution in [0.25, 0.3) is 10.8 Å². The van der Waals surface area contributed by atoms with Crippen LogP contribution in [0.4, 0.5) is 11.4 Å². The van der Waals surface area contributed by atoms with Gasteiger partial charge in [0.05, 0.1) is 16.1 Å². The molecular weight excluding hydrogens is 404 g/mol. The van der Waals surface area contributed by atoms with E-state index in [-0.39, 0.29) is 17.2 Å². The monoisotopic (exact) mass is 426 g/mol. The molecule has 0 fully saturated rings. The Morgan fingerprint density at radius 3 is 2.50 bits per heavy atom. The fourth-order valence-corrected chi connectivity index (χ4v) is 3.31. The van der Waals surface area contributed by atoms with E-state index in [2.05, 4.69) is 22.7 Å². The van der Waals surface area contributed by atoms with Gasteiger partial charge in [-0.05, 0) is 30.7 Å². The van der Waals surface area contributed by atoms with E-state index in [1.165, 1.54) is 11.6 Å². The number of aryl methyl sites for hydroxylation is 1. The molecule has 0 aliphatic rings. The maximum Gasteiger partial charge on any atom is 0.276 e. The lowest BCUT2D eigenvalue weighted by Crippen LogP contribution is -2.27. The SMILES string of the molecule is CCCCCn1nc(C(=O)Nc2cc(NC(C)=O)ccc2Cl)c2ccccc2c1=O. The highest BCUT2D eigenvalue weighted by Crippen LogP contribution is 2.26. The van der Waals surface area contributed by atoms with E-state index >= 15 is 0 Å². The molecular formula is C22H23ClN4O3. The maximum atomic E-state index is 13.1. The largest absolute Gasteiger partial charge is 0.326 e. The van der Waals surface area contributed by atoms with Crippen LogP contribution < -0.4 is 16.2 Å². The number of hydrogen-bond acceptors (Lipinski definition) is 4. The van der Waals surface area contributed by atoms with Gasteiger partial charge in [0.1, 0.15) is 0 Å². The van der Waals surface area contributed by atoms with Gasteiger partial charge in [-0.25, -0.2) is 4.68 Å². The predicted molar refractivity (Wildman–Crippen MR) is 119 cm³/mol. The number of carbonyl (C=O) groups excluding carboxylic acids is 2. The second-order valence-electron chi connectivity index (χ2n) is 6.96. The molecule has 30 heavy (non-hydrogen) atoms. The molecule has 0 atom stereocenters. The van der Waals surface area contributed by atoms with Crippen LogP contribution in [-0.2, 0) is 11.3 Å². The number of benzene rings is 2. The standard InChI is InChI=1S/C22H23ClN4O3/c1-3-4-7-12-27-22(30)17-9-6-5-8-16(17)20(26-27)21(29)25-19-13-15(24-14(2)28)10-11-18(19)23/h5-6,8-11,13H,3-4,7,12H2,1-2H3,(H,24,28)(H,25,29). The maximum absolute atomic E-state index is 13.1. The van der Waals surface area contributed by atoms with Crippen molar-refractivity contribution in [2.24, 2.45) is 0 Å². The Labute approximate surface area is 179 Å². The molecule has 2 N–H and O–H groups in total. The summed E-state index contributed by atoms with van der Waals surface area (Å²) in [4.78, 5) is 37.1. The number of nitrogens with one attached hydrogen (secondary N) is 2. The summed E-state index contributed by atoms with van der Waals surface area (Å²) in [6.07, 6.45) is 2.78. The predicted octanol–water partition coefficient (Wildman–Crippen LogP) is 4.45. The van der Waals surface area contributed by atoms with Gasteiger partial charge in [-0.2, -0.15) is 5.10 Å². The second-order valence-corrected chi connectivity index (χ2v) is 7.37. The highest BCUT2D eigenvalue weighted by Gasteiger charge is 2.18. The zero-order valence-electron chi connectivity index (χ0n) is 16.9. The van der Waals surface area contributed by atoms with Gasteiger partial charge in [0.2, 0.25) is 5.91 Å². The van der Waals surface area contributed by atoms with Crippen molar-refractivity contribution in [2.45, 2.75) is 39.7 Å². The number of nitrogens with zero attached hydrogens (tertiary/aromatic N) is 2. The molecule has 7 nitrogen and oxygen atoms in total. The molecule has 0 aliphatic heterocycles. The van der Waals surface area contributed by atoms with Crippen molar-refractivity contribution >= 4 is 45.6 Å². The topological polar surface area (TPSA) is 93.1 Å². The van der Waals surface area contributed by atoms with E-state index in [0.717, 1.165) is 19.3 Å². The third-order valence-corrected chi connectivity index (χ3v) is 4.92. The van der Waals surface area contributed by atoms with Gasteiger partial charge in [-0.15, -0.1) is 0 Å². The summed E-state index contributed by atoms with van der Waals surface area (Å²) in [6.45, 7) is 3.91. The number of rotatable bonds is 7. The number of halogens is 1. The number of carbonyl (C=O) groups is 2. The summed E-state index contributed by atoms with van der Waals surface area (Å²) in [5.74, 6) is -0.723. The van der Waals surface area contributed by atoms with Crippen molar-refractivity contribution in [3.05, 3.63) is 63.5 Å². The first-order valence-electron chi connectivity index (χ1n) is 9.79. The summed E-state index contributed by atoms with van der Waals surface area (Å²) in [7, 11) is 0. The zero-order valence-corrected chi connectivity index (χ0v) is 17.6. The number of amides is 2. The molecule has 0 saturated heterocycles. The van der Waals surface area contributed by atoms with Crippen molar-refractivity contribution in [3.8, 4) is 0 Å². The average molecular weight is 427 g/mol. The summed E-state index contributed by atoms with van der Waals surface area (Å²) >= 11 is 6.22. The molecule has 0 saturated carbocycles. The number of hydrogen-bond donors (Lipinski definition) is 2. The van der Waals surface area contributed by atoms with E-state index in [1.807, 2.05) is 0 Å². The van der Waals surface area contributed by atoms with Crippen LogP contribution in [0.1, 0.15) is 43.6 Å².